The number of carbonyl (C=O) groups excluding carboxylic acids is 1. The number of hydrogen-bond donors (Lipinski definition) is 0. The summed E-state index contributed by atoms with van der Waals surface area (Å²) in [6, 6.07) is 4.21. The average molecular weight is 288 g/mol. The molecular weight excluding hydrogens is 273 g/mol. The molecule has 1 aliphatic rings. The van der Waals surface area contributed by atoms with Gasteiger partial charge in [0.2, 0.25) is 0 Å². The van der Waals surface area contributed by atoms with Gasteiger partial charge in [0.25, 0.3) is 0 Å². The first-order valence-electron chi connectivity index (χ1n) is 6.43. The van der Waals surface area contributed by atoms with Crippen molar-refractivity contribution in [2.45, 2.75) is 31.5 Å². The van der Waals surface area contributed by atoms with Crippen LogP contribution in [-0.2, 0) is 15.7 Å². The minimum absolute atomic E-state index is 0.0785. The van der Waals surface area contributed by atoms with Crippen molar-refractivity contribution in [3.8, 4) is 0 Å². The van der Waals surface area contributed by atoms with Crippen LogP contribution in [0.4, 0.5) is 13.2 Å². The molecule has 0 bridgehead atoms. The summed E-state index contributed by atoms with van der Waals surface area (Å²) in [6.45, 7) is 0.709. The van der Waals surface area contributed by atoms with Crippen molar-refractivity contribution in [3.63, 3.8) is 0 Å². The molecule has 20 heavy (non-hydrogen) atoms. The quantitative estimate of drug-likeness (QED) is 0.799. The molecule has 0 amide bonds. The van der Waals surface area contributed by atoms with Crippen molar-refractivity contribution in [1.82, 2.24) is 0 Å². The maximum Gasteiger partial charge on any atom is 0.416 e. The Morgan fingerprint density at radius 3 is 2.80 bits per heavy atom. The number of ether oxygens (including phenoxy) is 2. The summed E-state index contributed by atoms with van der Waals surface area (Å²) in [7, 11) is 0. The largest absolute Gasteiger partial charge is 0.459 e. The zero-order valence-electron chi connectivity index (χ0n) is 10.8. The SMILES string of the molecule is O=C(OCC1CCCCO1)c1cccc(C(F)(F)F)c1. The molecule has 0 radical (unpaired) electrons. The molecule has 1 aliphatic heterocycles. The summed E-state index contributed by atoms with van der Waals surface area (Å²) >= 11 is 0. The van der Waals surface area contributed by atoms with E-state index in [9.17, 15) is 18.0 Å². The molecule has 2 rings (SSSR count). The second-order valence-electron chi connectivity index (χ2n) is 4.67. The molecule has 1 unspecified atom stereocenters. The molecule has 1 saturated heterocycles. The van der Waals surface area contributed by atoms with E-state index in [1.807, 2.05) is 0 Å². The summed E-state index contributed by atoms with van der Waals surface area (Å²) in [5.74, 6) is -0.759. The van der Waals surface area contributed by atoms with Gasteiger partial charge in [0.1, 0.15) is 6.61 Å². The molecule has 0 aromatic heterocycles. The lowest BCUT2D eigenvalue weighted by atomic mass is 10.1. The highest BCUT2D eigenvalue weighted by Gasteiger charge is 2.31. The maximum atomic E-state index is 12.5. The molecule has 0 saturated carbocycles. The molecule has 0 aliphatic carbocycles. The van der Waals surface area contributed by atoms with Gasteiger partial charge in [-0.15, -0.1) is 0 Å². The molecule has 1 aromatic rings. The van der Waals surface area contributed by atoms with Crippen LogP contribution in [0.5, 0.6) is 0 Å². The Balaban J connectivity index is 1.95. The van der Waals surface area contributed by atoms with Crippen LogP contribution in [0.3, 0.4) is 0 Å². The Bertz CT molecular complexity index is 465. The van der Waals surface area contributed by atoms with Gasteiger partial charge in [0.15, 0.2) is 0 Å². The average Bonchev–Trinajstić information content (AvgIpc) is 2.45. The highest BCUT2D eigenvalue weighted by Crippen LogP contribution is 2.29. The van der Waals surface area contributed by atoms with Crippen molar-refractivity contribution in [3.05, 3.63) is 35.4 Å². The lowest BCUT2D eigenvalue weighted by Crippen LogP contribution is -2.26. The van der Waals surface area contributed by atoms with Crippen LogP contribution < -0.4 is 0 Å². The molecule has 3 nitrogen and oxygen atoms in total. The summed E-state index contributed by atoms with van der Waals surface area (Å²) in [5, 5.41) is 0. The number of esters is 1. The van der Waals surface area contributed by atoms with Gasteiger partial charge in [-0.3, -0.25) is 0 Å². The number of rotatable bonds is 3. The number of carbonyl (C=O) groups is 1. The van der Waals surface area contributed by atoms with Crippen LogP contribution in [0.1, 0.15) is 35.2 Å². The van der Waals surface area contributed by atoms with Crippen molar-refractivity contribution in [1.29, 1.82) is 0 Å². The van der Waals surface area contributed by atoms with E-state index >= 15 is 0 Å². The summed E-state index contributed by atoms with van der Waals surface area (Å²) < 4.78 is 48.0. The number of benzene rings is 1. The van der Waals surface area contributed by atoms with E-state index in [0.29, 0.717) is 6.61 Å². The first-order valence-corrected chi connectivity index (χ1v) is 6.43. The highest BCUT2D eigenvalue weighted by molar-refractivity contribution is 5.89. The predicted molar refractivity (Wildman–Crippen MR) is 65.3 cm³/mol. The maximum absolute atomic E-state index is 12.5. The minimum atomic E-state index is -4.47. The van der Waals surface area contributed by atoms with Crippen LogP contribution in [-0.4, -0.2) is 25.3 Å². The van der Waals surface area contributed by atoms with Gasteiger partial charge < -0.3 is 9.47 Å². The van der Waals surface area contributed by atoms with E-state index in [0.717, 1.165) is 31.4 Å². The van der Waals surface area contributed by atoms with E-state index in [1.165, 1.54) is 12.1 Å². The third-order valence-electron chi connectivity index (χ3n) is 3.10. The molecule has 1 atom stereocenters. The van der Waals surface area contributed by atoms with Crippen LogP contribution in [0.2, 0.25) is 0 Å². The number of alkyl halides is 3. The Kier molecular flexibility index (Phi) is 4.65. The van der Waals surface area contributed by atoms with Crippen LogP contribution in [0.15, 0.2) is 24.3 Å². The van der Waals surface area contributed by atoms with E-state index < -0.39 is 17.7 Å². The minimum Gasteiger partial charge on any atom is -0.459 e. The van der Waals surface area contributed by atoms with Gasteiger partial charge in [-0.2, -0.15) is 13.2 Å². The van der Waals surface area contributed by atoms with Gasteiger partial charge in [-0.1, -0.05) is 6.07 Å². The number of hydrogen-bond acceptors (Lipinski definition) is 3. The lowest BCUT2D eigenvalue weighted by molar-refractivity contribution is -0.137. The van der Waals surface area contributed by atoms with Crippen molar-refractivity contribution in [2.75, 3.05) is 13.2 Å². The topological polar surface area (TPSA) is 35.5 Å². The van der Waals surface area contributed by atoms with E-state index in [4.69, 9.17) is 9.47 Å². The van der Waals surface area contributed by atoms with E-state index in [-0.39, 0.29) is 18.3 Å². The Hall–Kier alpha value is -1.56. The van der Waals surface area contributed by atoms with Crippen LogP contribution in [0, 0.1) is 0 Å². The predicted octanol–water partition coefficient (Wildman–Crippen LogP) is 3.43. The zero-order valence-corrected chi connectivity index (χ0v) is 10.8. The third kappa shape index (κ3) is 3.96. The van der Waals surface area contributed by atoms with Gasteiger partial charge in [0.05, 0.1) is 17.2 Å². The van der Waals surface area contributed by atoms with Gasteiger partial charge in [0, 0.05) is 6.61 Å². The third-order valence-corrected chi connectivity index (χ3v) is 3.10. The first kappa shape index (κ1) is 14.8. The fourth-order valence-electron chi connectivity index (χ4n) is 2.01. The summed E-state index contributed by atoms with van der Waals surface area (Å²) in [4.78, 5) is 11.7. The molecule has 1 aromatic carbocycles. The second-order valence-corrected chi connectivity index (χ2v) is 4.67. The van der Waals surface area contributed by atoms with Crippen molar-refractivity contribution < 1.29 is 27.4 Å². The molecule has 1 heterocycles. The summed E-state index contributed by atoms with van der Waals surface area (Å²) in [5.41, 5.74) is -0.962. The molecule has 0 N–H and O–H groups in total. The molecule has 0 spiro atoms. The standard InChI is InChI=1S/C14H15F3O3/c15-14(16,17)11-5-3-4-10(8-11)13(18)20-9-12-6-1-2-7-19-12/h3-5,8,12H,1-2,6-7,9H2. The van der Waals surface area contributed by atoms with E-state index in [1.54, 1.807) is 0 Å². The smallest absolute Gasteiger partial charge is 0.416 e. The molecular formula is C14H15F3O3. The van der Waals surface area contributed by atoms with Crippen molar-refractivity contribution in [2.24, 2.45) is 0 Å². The molecule has 110 valence electrons. The van der Waals surface area contributed by atoms with E-state index in [2.05, 4.69) is 0 Å². The second kappa shape index (κ2) is 6.26. The van der Waals surface area contributed by atoms with Gasteiger partial charge in [-0.05, 0) is 37.5 Å². The monoisotopic (exact) mass is 288 g/mol. The first-order chi connectivity index (χ1) is 9.47. The van der Waals surface area contributed by atoms with Gasteiger partial charge >= 0.3 is 12.1 Å². The van der Waals surface area contributed by atoms with Crippen molar-refractivity contribution >= 4 is 5.97 Å². The number of halogens is 3. The lowest BCUT2D eigenvalue weighted by Gasteiger charge is -2.22. The fraction of sp³-hybridized carbons (Fsp3) is 0.500. The van der Waals surface area contributed by atoms with Gasteiger partial charge in [-0.25, -0.2) is 4.79 Å². The zero-order chi connectivity index (χ0) is 14.6. The molecule has 6 heteroatoms. The Morgan fingerprint density at radius 2 is 2.15 bits per heavy atom. The Labute approximate surface area is 114 Å². The normalized spacial score (nSPS) is 19.6. The van der Waals surface area contributed by atoms with Crippen LogP contribution >= 0.6 is 0 Å². The molecule has 1 fully saturated rings. The highest BCUT2D eigenvalue weighted by atomic mass is 19.4. The van der Waals surface area contributed by atoms with Crippen LogP contribution in [0.25, 0.3) is 0 Å². The fourth-order valence-corrected chi connectivity index (χ4v) is 2.01. The summed E-state index contributed by atoms with van der Waals surface area (Å²) in [6.07, 6.45) is -1.83. The Morgan fingerprint density at radius 1 is 1.35 bits per heavy atom.